The Labute approximate surface area is 92.1 Å². The molecule has 1 aromatic heterocycles. The predicted molar refractivity (Wildman–Crippen MR) is 57.2 cm³/mol. The number of aromatic nitrogens is 2. The zero-order chi connectivity index (χ0) is 11.3. The fourth-order valence-corrected chi connectivity index (χ4v) is 1.33. The third kappa shape index (κ3) is 5.03. The van der Waals surface area contributed by atoms with Crippen LogP contribution in [0.25, 0.3) is 0 Å². The second-order valence-electron chi connectivity index (χ2n) is 2.64. The molecule has 0 unspecified atom stereocenters. The first-order valence-electron chi connectivity index (χ1n) is 4.23. The van der Waals surface area contributed by atoms with Gasteiger partial charge in [0, 0.05) is 23.9 Å². The lowest BCUT2D eigenvalue weighted by atomic mass is 10.5. The molecule has 15 heavy (non-hydrogen) atoms. The lowest BCUT2D eigenvalue weighted by molar-refractivity contribution is 0.298. The zero-order valence-electron chi connectivity index (χ0n) is 8.03. The van der Waals surface area contributed by atoms with Gasteiger partial charge in [-0.15, -0.1) is 10.2 Å². The van der Waals surface area contributed by atoms with E-state index in [1.54, 1.807) is 0 Å². The Morgan fingerprint density at radius 2 is 1.93 bits per heavy atom. The number of nitrogens with zero attached hydrogens (tertiary/aromatic N) is 2. The minimum atomic E-state index is -3.73. The van der Waals surface area contributed by atoms with Crippen molar-refractivity contribution in [2.75, 3.05) is 6.61 Å². The average Bonchev–Trinajstić information content (AvgIpc) is 2.14. The Bertz CT molecular complexity index is 353. The molecule has 0 saturated heterocycles. The SMILES string of the molecule is CCCOc1ccc(OP(O)(O)=S)nn1. The minimum Gasteiger partial charge on any atom is -0.477 e. The number of hydrogen-bond donors (Lipinski definition) is 2. The van der Waals surface area contributed by atoms with Gasteiger partial charge in [0.25, 0.3) is 0 Å². The summed E-state index contributed by atoms with van der Waals surface area (Å²) in [7, 11) is 0. The quantitative estimate of drug-likeness (QED) is 0.749. The Morgan fingerprint density at radius 3 is 2.40 bits per heavy atom. The molecule has 0 aliphatic heterocycles. The standard InChI is InChI=1S/C7H11N2O4PS/c1-2-5-12-6-3-4-7(9-8-6)13-14(10,11)15/h3-4H,2,5H2,1H3,(H2,10,11,15). The summed E-state index contributed by atoms with van der Waals surface area (Å²) in [4.78, 5) is 17.7. The fourth-order valence-electron chi connectivity index (χ4n) is 0.762. The van der Waals surface area contributed by atoms with Crippen LogP contribution < -0.4 is 9.26 Å². The van der Waals surface area contributed by atoms with Gasteiger partial charge < -0.3 is 19.0 Å². The Morgan fingerprint density at radius 1 is 1.33 bits per heavy atom. The lowest BCUT2D eigenvalue weighted by Crippen LogP contribution is -1.99. The van der Waals surface area contributed by atoms with E-state index < -0.39 is 6.72 Å². The lowest BCUT2D eigenvalue weighted by Gasteiger charge is -2.08. The molecule has 0 radical (unpaired) electrons. The van der Waals surface area contributed by atoms with Gasteiger partial charge >= 0.3 is 6.72 Å². The third-order valence-corrected chi connectivity index (χ3v) is 1.93. The highest BCUT2D eigenvalue weighted by atomic mass is 32.5. The van der Waals surface area contributed by atoms with Crippen LogP contribution in [0, 0.1) is 0 Å². The molecule has 0 aliphatic carbocycles. The van der Waals surface area contributed by atoms with Crippen molar-refractivity contribution in [1.29, 1.82) is 0 Å². The largest absolute Gasteiger partial charge is 0.477 e. The molecule has 0 fully saturated rings. The topological polar surface area (TPSA) is 84.7 Å². The fraction of sp³-hybridized carbons (Fsp3) is 0.429. The zero-order valence-corrected chi connectivity index (χ0v) is 9.74. The normalized spacial score (nSPS) is 11.1. The first-order chi connectivity index (χ1) is 7.01. The molecule has 1 aromatic rings. The molecule has 8 heteroatoms. The second kappa shape index (κ2) is 5.37. The summed E-state index contributed by atoms with van der Waals surface area (Å²) in [6.07, 6.45) is 0.869. The summed E-state index contributed by atoms with van der Waals surface area (Å²) in [6.45, 7) is -1.21. The molecule has 84 valence electrons. The van der Waals surface area contributed by atoms with E-state index in [0.29, 0.717) is 12.5 Å². The Balaban J connectivity index is 2.60. The highest BCUT2D eigenvalue weighted by Gasteiger charge is 2.11. The molecule has 2 N–H and O–H groups in total. The number of rotatable bonds is 5. The van der Waals surface area contributed by atoms with E-state index in [0.717, 1.165) is 6.42 Å². The van der Waals surface area contributed by atoms with Crippen LogP contribution in [0.15, 0.2) is 12.1 Å². The van der Waals surface area contributed by atoms with Crippen LogP contribution in [0.4, 0.5) is 0 Å². The smallest absolute Gasteiger partial charge is 0.376 e. The van der Waals surface area contributed by atoms with E-state index in [4.69, 9.17) is 14.5 Å². The summed E-state index contributed by atoms with van der Waals surface area (Å²) in [5, 5.41) is 7.21. The highest BCUT2D eigenvalue weighted by molar-refractivity contribution is 8.06. The molecule has 0 amide bonds. The molecule has 0 aliphatic rings. The Hall–Kier alpha value is -0.750. The van der Waals surface area contributed by atoms with Gasteiger partial charge in [-0.05, 0) is 6.42 Å². The highest BCUT2D eigenvalue weighted by Crippen LogP contribution is 2.36. The summed E-state index contributed by atoms with van der Waals surface area (Å²) < 4.78 is 9.74. The maximum atomic E-state index is 8.84. The maximum Gasteiger partial charge on any atom is 0.376 e. The molecular weight excluding hydrogens is 239 g/mol. The van der Waals surface area contributed by atoms with Gasteiger partial charge in [0.05, 0.1) is 6.61 Å². The van der Waals surface area contributed by atoms with Crippen molar-refractivity contribution in [1.82, 2.24) is 10.2 Å². The van der Waals surface area contributed by atoms with Crippen LogP contribution in [0.5, 0.6) is 11.8 Å². The summed E-state index contributed by atoms with van der Waals surface area (Å²) in [6, 6.07) is 2.93. The van der Waals surface area contributed by atoms with E-state index in [-0.39, 0.29) is 5.88 Å². The van der Waals surface area contributed by atoms with Crippen molar-refractivity contribution >= 4 is 18.5 Å². The molecule has 1 heterocycles. The molecular formula is C7H11N2O4PS. The van der Waals surface area contributed by atoms with Crippen molar-refractivity contribution in [3.05, 3.63) is 12.1 Å². The van der Waals surface area contributed by atoms with Crippen LogP contribution in [-0.4, -0.2) is 26.6 Å². The Kier molecular flexibility index (Phi) is 4.41. The molecule has 0 aromatic carbocycles. The van der Waals surface area contributed by atoms with Crippen molar-refractivity contribution in [2.24, 2.45) is 0 Å². The van der Waals surface area contributed by atoms with Gasteiger partial charge in [-0.3, -0.25) is 0 Å². The van der Waals surface area contributed by atoms with Crippen molar-refractivity contribution < 1.29 is 19.0 Å². The predicted octanol–water partition coefficient (Wildman–Crippen LogP) is 0.853. The van der Waals surface area contributed by atoms with Gasteiger partial charge in [-0.2, -0.15) is 0 Å². The van der Waals surface area contributed by atoms with Gasteiger partial charge in [0.1, 0.15) is 0 Å². The van der Waals surface area contributed by atoms with Crippen LogP contribution in [-0.2, 0) is 11.8 Å². The van der Waals surface area contributed by atoms with Gasteiger partial charge in [-0.1, -0.05) is 6.92 Å². The van der Waals surface area contributed by atoms with E-state index >= 15 is 0 Å². The first-order valence-corrected chi connectivity index (χ1v) is 6.85. The molecule has 6 nitrogen and oxygen atoms in total. The van der Waals surface area contributed by atoms with Crippen LogP contribution in [0.2, 0.25) is 0 Å². The molecule has 0 bridgehead atoms. The van der Waals surface area contributed by atoms with Crippen LogP contribution >= 0.6 is 6.72 Å². The van der Waals surface area contributed by atoms with Crippen LogP contribution in [0.3, 0.4) is 0 Å². The van der Waals surface area contributed by atoms with Crippen molar-refractivity contribution in [3.8, 4) is 11.8 Å². The molecule has 0 spiro atoms. The van der Waals surface area contributed by atoms with E-state index in [9.17, 15) is 0 Å². The van der Waals surface area contributed by atoms with E-state index in [1.165, 1.54) is 12.1 Å². The summed E-state index contributed by atoms with van der Waals surface area (Å²) in [5.41, 5.74) is 0. The second-order valence-corrected chi connectivity index (χ2v) is 5.23. The minimum absolute atomic E-state index is 0.0350. The van der Waals surface area contributed by atoms with Crippen molar-refractivity contribution in [3.63, 3.8) is 0 Å². The van der Waals surface area contributed by atoms with E-state index in [1.807, 2.05) is 6.92 Å². The monoisotopic (exact) mass is 250 g/mol. The summed E-state index contributed by atoms with van der Waals surface area (Å²) in [5.74, 6) is 0.320. The molecule has 0 atom stereocenters. The average molecular weight is 250 g/mol. The maximum absolute atomic E-state index is 8.84. The molecule has 1 rings (SSSR count). The van der Waals surface area contributed by atoms with Gasteiger partial charge in [-0.25, -0.2) is 0 Å². The van der Waals surface area contributed by atoms with Crippen molar-refractivity contribution in [2.45, 2.75) is 13.3 Å². The number of hydrogen-bond acceptors (Lipinski definition) is 5. The van der Waals surface area contributed by atoms with Crippen LogP contribution in [0.1, 0.15) is 13.3 Å². The number of ether oxygens (including phenoxy) is 1. The summed E-state index contributed by atoms with van der Waals surface area (Å²) >= 11 is 4.27. The molecule has 0 saturated carbocycles. The third-order valence-electron chi connectivity index (χ3n) is 1.28. The van der Waals surface area contributed by atoms with Gasteiger partial charge in [0.15, 0.2) is 0 Å². The van der Waals surface area contributed by atoms with Gasteiger partial charge in [0.2, 0.25) is 11.8 Å². The first kappa shape index (κ1) is 12.3. The van der Waals surface area contributed by atoms with E-state index in [2.05, 4.69) is 26.5 Å².